The van der Waals surface area contributed by atoms with Gasteiger partial charge in [-0.2, -0.15) is 0 Å². The molecule has 1 saturated heterocycles. The van der Waals surface area contributed by atoms with E-state index in [-0.39, 0.29) is 49.9 Å². The fourth-order valence-corrected chi connectivity index (χ4v) is 8.79. The third kappa shape index (κ3) is 20.5. The second kappa shape index (κ2) is 28.8. The van der Waals surface area contributed by atoms with Gasteiger partial charge in [0, 0.05) is 51.4 Å². The monoisotopic (exact) mass is 932 g/mol. The Morgan fingerprint density at radius 2 is 1.58 bits per heavy atom. The van der Waals surface area contributed by atoms with Gasteiger partial charge < -0.3 is 39.4 Å². The summed E-state index contributed by atoms with van der Waals surface area (Å²) in [5.74, 6) is -4.93. The Bertz CT molecular complexity index is 1850. The van der Waals surface area contributed by atoms with Crippen LogP contribution >= 0.6 is 7.82 Å². The van der Waals surface area contributed by atoms with Crippen LogP contribution in [0.4, 0.5) is 0 Å². The van der Waals surface area contributed by atoms with Crippen molar-refractivity contribution >= 4 is 42.9 Å². The number of nitrogens with one attached hydrogen (secondary N) is 2. The molecule has 65 heavy (non-hydrogen) atoms. The molecule has 1 aromatic heterocycles. The lowest BCUT2D eigenvalue weighted by Crippen LogP contribution is -2.52. The molecule has 0 aliphatic carbocycles. The number of methoxy groups -OCH3 is 1. The Kier molecular flexibility index (Phi) is 24.5. The Labute approximate surface area is 384 Å². The van der Waals surface area contributed by atoms with E-state index in [0.29, 0.717) is 39.1 Å². The first-order valence-electron chi connectivity index (χ1n) is 23.2. The van der Waals surface area contributed by atoms with Gasteiger partial charge in [-0.05, 0) is 70.8 Å². The van der Waals surface area contributed by atoms with Crippen molar-refractivity contribution in [1.29, 1.82) is 0 Å². The molecule has 1 aliphatic heterocycles. The summed E-state index contributed by atoms with van der Waals surface area (Å²) in [5, 5.41) is 5.64. The highest BCUT2D eigenvalue weighted by Crippen LogP contribution is 2.39. The maximum absolute atomic E-state index is 14.3. The van der Waals surface area contributed by atoms with E-state index in [1.165, 1.54) is 31.2 Å². The number of phosphoric ester groups is 1. The highest BCUT2D eigenvalue weighted by Gasteiger charge is 2.37. The number of rotatable bonds is 33. The summed E-state index contributed by atoms with van der Waals surface area (Å²) >= 11 is 0. The fourth-order valence-electron chi connectivity index (χ4n) is 8.21. The van der Waals surface area contributed by atoms with Crippen molar-refractivity contribution in [2.24, 2.45) is 17.8 Å². The molecule has 17 nitrogen and oxygen atoms in total. The molecule has 3 rings (SSSR count). The van der Waals surface area contributed by atoms with Crippen LogP contribution in [0.5, 0.6) is 0 Å². The van der Waals surface area contributed by atoms with Gasteiger partial charge in [0.1, 0.15) is 11.8 Å². The smallest absolute Gasteiger partial charge is 0.382 e. The summed E-state index contributed by atoms with van der Waals surface area (Å²) in [6, 6.07) is 7.59. The van der Waals surface area contributed by atoms with Gasteiger partial charge in [-0.25, -0.2) is 9.55 Å². The summed E-state index contributed by atoms with van der Waals surface area (Å²) in [7, 11) is -3.40. The molecule has 364 valence electrons. The molecule has 1 aromatic carbocycles. The summed E-state index contributed by atoms with van der Waals surface area (Å²) in [6.07, 6.45) is 10.3. The Balaban J connectivity index is 1.74. The van der Waals surface area contributed by atoms with Crippen molar-refractivity contribution in [3.8, 4) is 0 Å². The number of imidazole rings is 1. The number of carbonyl (C=O) groups is 6. The van der Waals surface area contributed by atoms with Gasteiger partial charge in [0.25, 0.3) is 0 Å². The number of Topliss-reactive ketones (excluding diaryl/α,β-unsaturated/α-hetero) is 3. The minimum Gasteiger partial charge on any atom is -0.382 e. The molecule has 1 aliphatic rings. The van der Waals surface area contributed by atoms with Gasteiger partial charge >= 0.3 is 7.82 Å². The molecule has 1 fully saturated rings. The van der Waals surface area contributed by atoms with Crippen LogP contribution in [0.25, 0.3) is 0 Å². The van der Waals surface area contributed by atoms with Crippen LogP contribution in [0.1, 0.15) is 123 Å². The van der Waals surface area contributed by atoms with E-state index in [0.717, 1.165) is 50.6 Å². The first kappa shape index (κ1) is 55.2. The van der Waals surface area contributed by atoms with Crippen molar-refractivity contribution in [2.45, 2.75) is 155 Å². The number of aromatic nitrogens is 2. The van der Waals surface area contributed by atoms with E-state index in [2.05, 4.69) is 39.9 Å². The lowest BCUT2D eigenvalue weighted by Gasteiger charge is -2.28. The van der Waals surface area contributed by atoms with Crippen LogP contribution in [0.2, 0.25) is 0 Å². The van der Waals surface area contributed by atoms with Gasteiger partial charge in [-0.1, -0.05) is 69.9 Å². The Hall–Kier alpha value is -4.12. The number of carbonyl (C=O) groups excluding carboxylic acids is 6. The number of hydrogen-bond donors (Lipinski definition) is 4. The quantitative estimate of drug-likeness (QED) is 0.0525. The molecule has 0 saturated carbocycles. The van der Waals surface area contributed by atoms with Crippen molar-refractivity contribution in [1.82, 2.24) is 25.1 Å². The maximum Gasteiger partial charge on any atom is 0.469 e. The molecule has 0 bridgehead atoms. The third-order valence-corrected chi connectivity index (χ3v) is 12.5. The number of phosphoric acid groups is 1. The average Bonchev–Trinajstić information content (AvgIpc) is 3.92. The summed E-state index contributed by atoms with van der Waals surface area (Å²) in [4.78, 5) is 106. The number of ketones is 3. The van der Waals surface area contributed by atoms with E-state index >= 15 is 0 Å². The number of ether oxygens (including phenoxy) is 2. The predicted molar refractivity (Wildman–Crippen MR) is 244 cm³/mol. The second-order valence-electron chi connectivity index (χ2n) is 17.7. The lowest BCUT2D eigenvalue weighted by atomic mass is 9.89. The zero-order chi connectivity index (χ0) is 47.9. The van der Waals surface area contributed by atoms with Crippen LogP contribution in [0.3, 0.4) is 0 Å². The zero-order valence-corrected chi connectivity index (χ0v) is 40.2. The minimum atomic E-state index is -4.96. The lowest BCUT2D eigenvalue weighted by molar-refractivity contribution is -0.140. The van der Waals surface area contributed by atoms with Crippen molar-refractivity contribution in [3.05, 3.63) is 54.1 Å². The number of unbranched alkanes of at least 4 members (excludes halogenated alkanes) is 5. The summed E-state index contributed by atoms with van der Waals surface area (Å²) in [6.45, 7) is 9.74. The Morgan fingerprint density at radius 1 is 0.892 bits per heavy atom. The zero-order valence-electron chi connectivity index (χ0n) is 39.3. The van der Waals surface area contributed by atoms with E-state index in [1.54, 1.807) is 19.6 Å². The summed E-state index contributed by atoms with van der Waals surface area (Å²) < 4.78 is 28.6. The standard InChI is InChI=1S/C47H74N5O12P/c1-33(2)27-41(50-47(58)42-20-16-23-52(42)45(56)21-24-63-26-25-62-6)44(55)29-38(46(57)49-34(3)43(54)30-40(35(4)53)36(5)64-65(59,60)61)28-39-31-48-32-51(39)22-15-10-8-7-9-12-17-37-18-13-11-14-19-37/h11,13-14,18-19,31-34,36,38,40-42H,7-10,12,15-17,20-30H2,1-6H3,(H,49,57)(H,50,58)(H2,59,60,61)/t34-,36+,38+,40+,41-,42-/m0/s1. The molecule has 4 N–H and O–H groups in total. The molecule has 2 aromatic rings. The van der Waals surface area contributed by atoms with Crippen LogP contribution < -0.4 is 10.6 Å². The number of likely N-dealkylation sites (tertiary alicyclic amines) is 1. The number of aryl methyl sites for hydroxylation is 2. The average molecular weight is 932 g/mol. The van der Waals surface area contributed by atoms with Gasteiger partial charge in [-0.3, -0.25) is 33.3 Å². The van der Waals surface area contributed by atoms with E-state index < -0.39 is 73.7 Å². The molecule has 0 radical (unpaired) electrons. The molecule has 3 amide bonds. The van der Waals surface area contributed by atoms with E-state index in [1.807, 2.05) is 24.5 Å². The van der Waals surface area contributed by atoms with Crippen molar-refractivity contribution < 1.29 is 57.1 Å². The predicted octanol–water partition coefficient (Wildman–Crippen LogP) is 5.33. The van der Waals surface area contributed by atoms with Gasteiger partial charge in [-0.15, -0.1) is 0 Å². The molecule has 2 heterocycles. The minimum absolute atomic E-state index is 0.0174. The number of nitrogens with zero attached hydrogens (tertiary/aromatic N) is 3. The molecule has 18 heteroatoms. The number of benzene rings is 1. The SMILES string of the molecule is COCCOCCC(=O)N1CCC[C@H]1C(=O)N[C@@H](CC(C)C)C(=O)C[C@@H](Cc1cncn1CCCCCCCCc1ccccc1)C(=O)N[C@@H](C)C(=O)C[C@H](C(C)=O)[C@@H](C)OP(=O)(O)O. The van der Waals surface area contributed by atoms with Crippen LogP contribution in [-0.2, 0) is 66.7 Å². The highest BCUT2D eigenvalue weighted by molar-refractivity contribution is 7.46. The molecule has 0 spiro atoms. The van der Waals surface area contributed by atoms with E-state index in [4.69, 9.17) is 14.0 Å². The first-order valence-corrected chi connectivity index (χ1v) is 24.7. The Morgan fingerprint density at radius 3 is 2.25 bits per heavy atom. The van der Waals surface area contributed by atoms with Gasteiger partial charge in [0.2, 0.25) is 17.7 Å². The number of amides is 3. The summed E-state index contributed by atoms with van der Waals surface area (Å²) in [5.41, 5.74) is 2.06. The number of hydrogen-bond acceptors (Lipinski definition) is 11. The van der Waals surface area contributed by atoms with Crippen LogP contribution in [-0.4, -0.2) is 117 Å². The normalized spacial score (nSPS) is 16.4. The van der Waals surface area contributed by atoms with Gasteiger partial charge in [0.15, 0.2) is 11.6 Å². The fraction of sp³-hybridized carbons (Fsp3) is 0.681. The molecular formula is C47H74N5O12P. The van der Waals surface area contributed by atoms with Crippen molar-refractivity contribution in [3.63, 3.8) is 0 Å². The largest absolute Gasteiger partial charge is 0.469 e. The van der Waals surface area contributed by atoms with Crippen molar-refractivity contribution in [2.75, 3.05) is 33.5 Å². The molecule has 6 atom stereocenters. The maximum atomic E-state index is 14.3. The molecular weight excluding hydrogens is 858 g/mol. The molecule has 0 unspecified atom stereocenters. The third-order valence-electron chi connectivity index (χ3n) is 11.9. The topological polar surface area (TPSA) is 233 Å². The van der Waals surface area contributed by atoms with Gasteiger partial charge in [0.05, 0.1) is 62.6 Å². The van der Waals surface area contributed by atoms with Crippen LogP contribution in [0, 0.1) is 17.8 Å². The van der Waals surface area contributed by atoms with E-state index in [9.17, 15) is 43.1 Å². The van der Waals surface area contributed by atoms with Crippen LogP contribution in [0.15, 0.2) is 42.9 Å². The second-order valence-corrected chi connectivity index (χ2v) is 18.9. The highest BCUT2D eigenvalue weighted by atomic mass is 31.2. The first-order chi connectivity index (χ1) is 30.9.